The maximum absolute atomic E-state index is 12.4. The number of benzene rings is 1. The molecule has 1 aromatic carbocycles. The van der Waals surface area contributed by atoms with Gasteiger partial charge in [-0.05, 0) is 30.0 Å². The zero-order valence-corrected chi connectivity index (χ0v) is 12.7. The van der Waals surface area contributed by atoms with Gasteiger partial charge >= 0.3 is 0 Å². The van der Waals surface area contributed by atoms with Crippen molar-refractivity contribution in [3.8, 4) is 16.4 Å². The second kappa shape index (κ2) is 5.38. The second-order valence-electron chi connectivity index (χ2n) is 5.13. The molecule has 3 heterocycles. The maximum atomic E-state index is 12.4. The molecule has 110 valence electrons. The number of rotatable bonds is 3. The summed E-state index contributed by atoms with van der Waals surface area (Å²) in [5.74, 6) is 0.899. The van der Waals surface area contributed by atoms with Crippen molar-refractivity contribution in [2.75, 3.05) is 13.1 Å². The third kappa shape index (κ3) is 2.21. The van der Waals surface area contributed by atoms with Crippen molar-refractivity contribution < 1.29 is 4.79 Å². The van der Waals surface area contributed by atoms with Gasteiger partial charge in [0, 0.05) is 13.1 Å². The number of hydrogen-bond acceptors (Lipinski definition) is 4. The number of thiophene rings is 1. The standard InChI is InChI=1S/C16H14N4OS/c21-16(19-9-5-10-19)14-17-15(13-8-4-11-22-13)20(18-14)12-6-2-1-3-7-12/h1-4,6-8,11H,5,9-10H2. The van der Waals surface area contributed by atoms with Crippen LogP contribution in [0.4, 0.5) is 0 Å². The highest BCUT2D eigenvalue weighted by atomic mass is 32.1. The van der Waals surface area contributed by atoms with Crippen molar-refractivity contribution in [3.05, 3.63) is 53.7 Å². The number of para-hydroxylation sites is 1. The summed E-state index contributed by atoms with van der Waals surface area (Å²) in [6.07, 6.45) is 1.06. The lowest BCUT2D eigenvalue weighted by Gasteiger charge is -2.29. The molecule has 0 spiro atoms. The van der Waals surface area contributed by atoms with Crippen molar-refractivity contribution in [1.82, 2.24) is 19.7 Å². The fourth-order valence-corrected chi connectivity index (χ4v) is 3.08. The molecule has 22 heavy (non-hydrogen) atoms. The SMILES string of the molecule is O=C(c1nc(-c2cccs2)n(-c2ccccc2)n1)N1CCC1. The Morgan fingerprint density at radius 1 is 1.09 bits per heavy atom. The Morgan fingerprint density at radius 3 is 2.55 bits per heavy atom. The highest BCUT2D eigenvalue weighted by Crippen LogP contribution is 2.26. The number of likely N-dealkylation sites (tertiary alicyclic amines) is 1. The first-order valence-corrected chi connectivity index (χ1v) is 8.06. The molecule has 1 amide bonds. The first-order chi connectivity index (χ1) is 10.8. The van der Waals surface area contributed by atoms with Crippen LogP contribution in [-0.2, 0) is 0 Å². The van der Waals surface area contributed by atoms with Crippen LogP contribution in [0.25, 0.3) is 16.4 Å². The van der Waals surface area contributed by atoms with Gasteiger partial charge in [0.2, 0.25) is 5.82 Å². The smallest absolute Gasteiger partial charge is 0.293 e. The average Bonchev–Trinajstić information content (AvgIpc) is 3.15. The van der Waals surface area contributed by atoms with Gasteiger partial charge in [0.1, 0.15) is 0 Å². The van der Waals surface area contributed by atoms with Gasteiger partial charge in [-0.1, -0.05) is 24.3 Å². The van der Waals surface area contributed by atoms with Gasteiger partial charge in [0.15, 0.2) is 5.82 Å². The summed E-state index contributed by atoms with van der Waals surface area (Å²) in [6, 6.07) is 13.7. The molecular weight excluding hydrogens is 296 g/mol. The van der Waals surface area contributed by atoms with Crippen molar-refractivity contribution in [3.63, 3.8) is 0 Å². The lowest BCUT2D eigenvalue weighted by Crippen LogP contribution is -2.42. The molecule has 0 saturated carbocycles. The molecule has 3 aromatic rings. The summed E-state index contributed by atoms with van der Waals surface area (Å²) in [4.78, 5) is 19.7. The Morgan fingerprint density at radius 2 is 1.91 bits per heavy atom. The van der Waals surface area contributed by atoms with Crippen LogP contribution >= 0.6 is 11.3 Å². The molecule has 2 aromatic heterocycles. The zero-order chi connectivity index (χ0) is 14.9. The minimum absolute atomic E-state index is 0.0845. The molecule has 1 aliphatic rings. The van der Waals surface area contributed by atoms with Crippen LogP contribution in [0.5, 0.6) is 0 Å². The normalized spacial score (nSPS) is 13.9. The molecule has 0 N–H and O–H groups in total. The largest absolute Gasteiger partial charge is 0.336 e. The van der Waals surface area contributed by atoms with Crippen LogP contribution in [0.2, 0.25) is 0 Å². The molecule has 1 aliphatic heterocycles. The first kappa shape index (κ1) is 13.2. The van der Waals surface area contributed by atoms with Gasteiger partial charge in [-0.25, -0.2) is 9.67 Å². The summed E-state index contributed by atoms with van der Waals surface area (Å²) < 4.78 is 1.75. The van der Waals surface area contributed by atoms with Crippen molar-refractivity contribution in [1.29, 1.82) is 0 Å². The van der Waals surface area contributed by atoms with Crippen LogP contribution in [0.3, 0.4) is 0 Å². The third-order valence-corrected chi connectivity index (χ3v) is 4.55. The van der Waals surface area contributed by atoms with E-state index in [0.29, 0.717) is 5.82 Å². The molecule has 0 aliphatic carbocycles. The van der Waals surface area contributed by atoms with Gasteiger partial charge in [-0.3, -0.25) is 4.79 Å². The zero-order valence-electron chi connectivity index (χ0n) is 11.8. The highest BCUT2D eigenvalue weighted by Gasteiger charge is 2.27. The summed E-state index contributed by atoms with van der Waals surface area (Å²) in [7, 11) is 0. The number of hydrogen-bond donors (Lipinski definition) is 0. The summed E-state index contributed by atoms with van der Waals surface area (Å²) in [6.45, 7) is 1.60. The quantitative estimate of drug-likeness (QED) is 0.747. The summed E-state index contributed by atoms with van der Waals surface area (Å²) in [5.41, 5.74) is 0.904. The molecular formula is C16H14N4OS. The number of aromatic nitrogens is 3. The van der Waals surface area contributed by atoms with E-state index < -0.39 is 0 Å². The third-order valence-electron chi connectivity index (χ3n) is 3.68. The van der Waals surface area contributed by atoms with E-state index >= 15 is 0 Å². The molecule has 0 unspecified atom stereocenters. The fraction of sp³-hybridized carbons (Fsp3) is 0.188. The van der Waals surface area contributed by atoms with E-state index in [-0.39, 0.29) is 11.7 Å². The minimum Gasteiger partial charge on any atom is -0.336 e. The Bertz CT molecular complexity index is 791. The van der Waals surface area contributed by atoms with Gasteiger partial charge in [0.05, 0.1) is 10.6 Å². The van der Waals surface area contributed by atoms with E-state index in [4.69, 9.17) is 0 Å². The monoisotopic (exact) mass is 310 g/mol. The van der Waals surface area contributed by atoms with Crippen LogP contribution in [0.15, 0.2) is 47.8 Å². The Kier molecular flexibility index (Phi) is 3.23. The summed E-state index contributed by atoms with van der Waals surface area (Å²) >= 11 is 1.59. The topological polar surface area (TPSA) is 51.0 Å². The molecule has 5 nitrogen and oxygen atoms in total. The molecule has 6 heteroatoms. The van der Waals surface area contributed by atoms with E-state index in [1.165, 1.54) is 0 Å². The molecule has 4 rings (SSSR count). The Labute approximate surface area is 131 Å². The van der Waals surface area contributed by atoms with E-state index in [1.54, 1.807) is 20.9 Å². The predicted molar refractivity (Wildman–Crippen MR) is 85.2 cm³/mol. The molecule has 0 atom stereocenters. The lowest BCUT2D eigenvalue weighted by atomic mass is 10.2. The van der Waals surface area contributed by atoms with Crippen LogP contribution < -0.4 is 0 Å². The van der Waals surface area contributed by atoms with Crippen LogP contribution in [0, 0.1) is 0 Å². The second-order valence-corrected chi connectivity index (χ2v) is 6.08. The van der Waals surface area contributed by atoms with Gasteiger partial charge in [-0.2, -0.15) is 0 Å². The minimum atomic E-state index is -0.0845. The van der Waals surface area contributed by atoms with Crippen molar-refractivity contribution in [2.45, 2.75) is 6.42 Å². The maximum Gasteiger partial charge on any atom is 0.293 e. The number of nitrogens with zero attached hydrogens (tertiary/aromatic N) is 4. The van der Waals surface area contributed by atoms with E-state index in [1.807, 2.05) is 47.8 Å². The molecule has 0 bridgehead atoms. The number of carbonyl (C=O) groups is 1. The van der Waals surface area contributed by atoms with E-state index in [9.17, 15) is 4.79 Å². The summed E-state index contributed by atoms with van der Waals surface area (Å²) in [5, 5.41) is 6.46. The molecule has 0 radical (unpaired) electrons. The van der Waals surface area contributed by atoms with Crippen LogP contribution in [-0.4, -0.2) is 38.7 Å². The van der Waals surface area contributed by atoms with Crippen LogP contribution in [0.1, 0.15) is 17.0 Å². The first-order valence-electron chi connectivity index (χ1n) is 7.18. The average molecular weight is 310 g/mol. The number of amides is 1. The highest BCUT2D eigenvalue weighted by molar-refractivity contribution is 7.13. The van der Waals surface area contributed by atoms with Gasteiger partial charge in [-0.15, -0.1) is 16.4 Å². The van der Waals surface area contributed by atoms with Crippen molar-refractivity contribution in [2.24, 2.45) is 0 Å². The molecule has 1 saturated heterocycles. The van der Waals surface area contributed by atoms with E-state index in [2.05, 4.69) is 10.1 Å². The number of carbonyl (C=O) groups excluding carboxylic acids is 1. The predicted octanol–water partition coefficient (Wildman–Crippen LogP) is 2.84. The molecule has 1 fully saturated rings. The Hall–Kier alpha value is -2.47. The van der Waals surface area contributed by atoms with Gasteiger partial charge < -0.3 is 4.90 Å². The van der Waals surface area contributed by atoms with Gasteiger partial charge in [0.25, 0.3) is 5.91 Å². The Balaban J connectivity index is 1.81. The fourth-order valence-electron chi connectivity index (χ4n) is 2.38. The van der Waals surface area contributed by atoms with Crippen molar-refractivity contribution >= 4 is 17.2 Å². The lowest BCUT2D eigenvalue weighted by molar-refractivity contribution is 0.0639. The van der Waals surface area contributed by atoms with E-state index in [0.717, 1.165) is 30.1 Å².